The molecule has 156 valence electrons. The first-order valence-corrected chi connectivity index (χ1v) is 8.92. The van der Waals surface area contributed by atoms with Crippen LogP contribution in [0.15, 0.2) is 54.6 Å². The van der Waals surface area contributed by atoms with Gasteiger partial charge in [0.2, 0.25) is 0 Å². The Morgan fingerprint density at radius 2 is 1.77 bits per heavy atom. The number of amides is 1. The van der Waals surface area contributed by atoms with Crippen LogP contribution >= 0.6 is 0 Å². The summed E-state index contributed by atoms with van der Waals surface area (Å²) in [6.07, 6.45) is -4.49. The molecule has 0 bridgehead atoms. The number of carbonyl (C=O) groups is 1. The molecule has 0 aliphatic rings. The van der Waals surface area contributed by atoms with Gasteiger partial charge in [0.15, 0.2) is 5.82 Å². The normalized spacial score (nSPS) is 12.5. The van der Waals surface area contributed by atoms with E-state index in [1.165, 1.54) is 36.4 Å². The van der Waals surface area contributed by atoms with Crippen molar-refractivity contribution in [3.05, 3.63) is 71.7 Å². The Kier molecular flexibility index (Phi) is 6.12. The van der Waals surface area contributed by atoms with E-state index in [1.807, 2.05) is 0 Å². The number of aromatic nitrogens is 2. The van der Waals surface area contributed by atoms with E-state index in [0.29, 0.717) is 5.56 Å². The third-order valence-corrected chi connectivity index (χ3v) is 4.20. The molecule has 0 aliphatic carbocycles. The van der Waals surface area contributed by atoms with Gasteiger partial charge in [0.05, 0.1) is 17.9 Å². The summed E-state index contributed by atoms with van der Waals surface area (Å²) in [6, 6.07) is 10.5. The molecule has 1 unspecified atom stereocenters. The lowest BCUT2D eigenvalue weighted by molar-refractivity contribution is -0.137. The summed E-state index contributed by atoms with van der Waals surface area (Å²) in [5.41, 5.74) is -0.0525. The zero-order valence-electron chi connectivity index (χ0n) is 15.7. The summed E-state index contributed by atoms with van der Waals surface area (Å²) in [5.74, 6) is -1.11. The fraction of sp³-hybridized carbons (Fsp3) is 0.190. The number of alkyl halides is 3. The molecule has 2 aromatic carbocycles. The summed E-state index contributed by atoms with van der Waals surface area (Å²) in [6.45, 7) is 1.29. The minimum atomic E-state index is -4.49. The minimum absolute atomic E-state index is 0.00675. The Bertz CT molecular complexity index is 1050. The van der Waals surface area contributed by atoms with Crippen LogP contribution in [0.3, 0.4) is 0 Å². The fourth-order valence-corrected chi connectivity index (χ4v) is 2.64. The molecule has 2 N–H and O–H groups in total. The summed E-state index contributed by atoms with van der Waals surface area (Å²) in [7, 11) is 0. The van der Waals surface area contributed by atoms with Crippen molar-refractivity contribution in [3.63, 3.8) is 0 Å². The van der Waals surface area contributed by atoms with Gasteiger partial charge in [-0.3, -0.25) is 4.79 Å². The number of aliphatic hydroxyl groups excluding tert-OH is 1. The first kappa shape index (κ1) is 21.4. The monoisotopic (exact) mass is 419 g/mol. The largest absolute Gasteiger partial charge is 0.416 e. The third-order valence-electron chi connectivity index (χ3n) is 4.20. The second-order valence-corrected chi connectivity index (χ2v) is 6.60. The summed E-state index contributed by atoms with van der Waals surface area (Å²) < 4.78 is 52.1. The number of carbonyl (C=O) groups excluding carboxylic acids is 1. The smallest absolute Gasteiger partial charge is 0.394 e. The highest BCUT2D eigenvalue weighted by Gasteiger charge is 2.30. The topological polar surface area (TPSA) is 75.1 Å². The molecule has 0 saturated carbocycles. The van der Waals surface area contributed by atoms with Crippen LogP contribution < -0.4 is 5.32 Å². The SMILES string of the molecule is CC(CO)NC(=O)c1cc(-c2cccc(F)c2)nc(-c2ccc(C(F)(F)F)cc2)n1. The second kappa shape index (κ2) is 8.58. The highest BCUT2D eigenvalue weighted by atomic mass is 19.4. The first-order valence-electron chi connectivity index (χ1n) is 8.92. The number of halogens is 4. The summed E-state index contributed by atoms with van der Waals surface area (Å²) in [5, 5.41) is 11.7. The highest BCUT2D eigenvalue weighted by molar-refractivity contribution is 5.94. The van der Waals surface area contributed by atoms with Gasteiger partial charge in [-0.15, -0.1) is 0 Å². The van der Waals surface area contributed by atoms with Crippen LogP contribution in [0.2, 0.25) is 0 Å². The van der Waals surface area contributed by atoms with Crippen LogP contribution in [-0.4, -0.2) is 33.6 Å². The Hall–Kier alpha value is -3.33. The lowest BCUT2D eigenvalue weighted by Gasteiger charge is -2.13. The van der Waals surface area contributed by atoms with Gasteiger partial charge in [-0.2, -0.15) is 13.2 Å². The van der Waals surface area contributed by atoms with Crippen molar-refractivity contribution in [2.75, 3.05) is 6.61 Å². The van der Waals surface area contributed by atoms with Gasteiger partial charge in [-0.1, -0.05) is 24.3 Å². The molecule has 30 heavy (non-hydrogen) atoms. The Balaban J connectivity index is 2.08. The predicted molar refractivity (Wildman–Crippen MR) is 102 cm³/mol. The molecular formula is C21H17F4N3O2. The van der Waals surface area contributed by atoms with Gasteiger partial charge in [-0.05, 0) is 37.3 Å². The Morgan fingerprint density at radius 3 is 2.37 bits per heavy atom. The van der Waals surface area contributed by atoms with Gasteiger partial charge in [-0.25, -0.2) is 14.4 Å². The number of benzene rings is 2. The van der Waals surface area contributed by atoms with Crippen molar-refractivity contribution in [2.24, 2.45) is 0 Å². The molecule has 3 rings (SSSR count). The van der Waals surface area contributed by atoms with Crippen molar-refractivity contribution in [1.82, 2.24) is 15.3 Å². The van der Waals surface area contributed by atoms with E-state index < -0.39 is 29.5 Å². The van der Waals surface area contributed by atoms with Crippen LogP contribution in [-0.2, 0) is 6.18 Å². The molecule has 0 spiro atoms. The predicted octanol–water partition coefficient (Wildman–Crippen LogP) is 4.08. The van der Waals surface area contributed by atoms with Crippen molar-refractivity contribution in [3.8, 4) is 22.6 Å². The molecule has 0 saturated heterocycles. The van der Waals surface area contributed by atoms with Gasteiger partial charge >= 0.3 is 6.18 Å². The standard InChI is InChI=1S/C21H17F4N3O2/c1-12(11-29)26-20(30)18-10-17(14-3-2-4-16(22)9-14)27-19(28-18)13-5-7-15(8-6-13)21(23,24)25/h2-10,12,29H,11H2,1H3,(H,26,30). The number of aliphatic hydroxyl groups is 1. The summed E-state index contributed by atoms with van der Waals surface area (Å²) >= 11 is 0. The lowest BCUT2D eigenvalue weighted by atomic mass is 10.1. The van der Waals surface area contributed by atoms with Gasteiger partial charge in [0.25, 0.3) is 5.91 Å². The molecule has 1 heterocycles. The molecule has 0 radical (unpaired) electrons. The van der Waals surface area contributed by atoms with Gasteiger partial charge in [0, 0.05) is 17.2 Å². The molecule has 9 heteroatoms. The minimum Gasteiger partial charge on any atom is -0.394 e. The molecule has 1 aromatic heterocycles. The summed E-state index contributed by atoms with van der Waals surface area (Å²) in [4.78, 5) is 20.9. The van der Waals surface area contributed by atoms with Crippen molar-refractivity contribution in [2.45, 2.75) is 19.1 Å². The lowest BCUT2D eigenvalue weighted by Crippen LogP contribution is -2.35. The molecule has 1 atom stereocenters. The Morgan fingerprint density at radius 1 is 1.07 bits per heavy atom. The molecule has 1 amide bonds. The van der Waals surface area contributed by atoms with Crippen molar-refractivity contribution >= 4 is 5.91 Å². The zero-order chi connectivity index (χ0) is 21.9. The van der Waals surface area contributed by atoms with Crippen LogP contribution in [0, 0.1) is 5.82 Å². The zero-order valence-corrected chi connectivity index (χ0v) is 15.7. The van der Waals surface area contributed by atoms with E-state index in [-0.39, 0.29) is 29.4 Å². The number of hydrogen-bond acceptors (Lipinski definition) is 4. The molecule has 0 fully saturated rings. The number of hydrogen-bond donors (Lipinski definition) is 2. The van der Waals surface area contributed by atoms with Crippen molar-refractivity contribution < 1.29 is 27.5 Å². The van der Waals surface area contributed by atoms with Crippen LogP contribution in [0.4, 0.5) is 17.6 Å². The van der Waals surface area contributed by atoms with Gasteiger partial charge in [0.1, 0.15) is 11.5 Å². The van der Waals surface area contributed by atoms with E-state index in [1.54, 1.807) is 13.0 Å². The first-order chi connectivity index (χ1) is 14.2. The third kappa shape index (κ3) is 4.98. The highest BCUT2D eigenvalue weighted by Crippen LogP contribution is 2.31. The number of rotatable bonds is 5. The van der Waals surface area contributed by atoms with E-state index in [2.05, 4.69) is 15.3 Å². The maximum atomic E-state index is 13.7. The quantitative estimate of drug-likeness (QED) is 0.611. The maximum Gasteiger partial charge on any atom is 0.416 e. The van der Waals surface area contributed by atoms with Crippen LogP contribution in [0.25, 0.3) is 22.6 Å². The number of nitrogens with zero attached hydrogens (tertiary/aromatic N) is 2. The average Bonchev–Trinajstić information content (AvgIpc) is 2.72. The van der Waals surface area contributed by atoms with Gasteiger partial charge < -0.3 is 10.4 Å². The molecule has 5 nitrogen and oxygen atoms in total. The van der Waals surface area contributed by atoms with Crippen molar-refractivity contribution in [1.29, 1.82) is 0 Å². The fourth-order valence-electron chi connectivity index (χ4n) is 2.64. The molecule has 0 aliphatic heterocycles. The van der Waals surface area contributed by atoms with E-state index in [9.17, 15) is 22.4 Å². The second-order valence-electron chi connectivity index (χ2n) is 6.60. The van der Waals surface area contributed by atoms with E-state index in [0.717, 1.165) is 12.1 Å². The van der Waals surface area contributed by atoms with Crippen LogP contribution in [0.1, 0.15) is 23.0 Å². The Labute approximate surface area is 169 Å². The number of nitrogens with one attached hydrogen (secondary N) is 1. The molecular weight excluding hydrogens is 402 g/mol. The van der Waals surface area contributed by atoms with E-state index >= 15 is 0 Å². The molecule has 3 aromatic rings. The average molecular weight is 419 g/mol. The van der Waals surface area contributed by atoms with Crippen LogP contribution in [0.5, 0.6) is 0 Å². The van der Waals surface area contributed by atoms with E-state index in [4.69, 9.17) is 5.11 Å². The maximum absolute atomic E-state index is 13.7.